The first-order valence-corrected chi connectivity index (χ1v) is 14.7. The fourth-order valence-corrected chi connectivity index (χ4v) is 6.83. The van der Waals surface area contributed by atoms with Gasteiger partial charge in [0.05, 0.1) is 18.8 Å². The van der Waals surface area contributed by atoms with Crippen LogP contribution in [0.3, 0.4) is 0 Å². The zero-order valence-electron chi connectivity index (χ0n) is 21.8. The Balaban J connectivity index is 1.46. The lowest BCUT2D eigenvalue weighted by Crippen LogP contribution is -2.53. The average Bonchev–Trinajstić information content (AvgIpc) is 3.41. The van der Waals surface area contributed by atoms with E-state index >= 15 is 0 Å². The van der Waals surface area contributed by atoms with Gasteiger partial charge in [-0.05, 0) is 62.3 Å². The molecule has 10 nitrogen and oxygen atoms in total. The van der Waals surface area contributed by atoms with E-state index in [9.17, 15) is 22.8 Å². The summed E-state index contributed by atoms with van der Waals surface area (Å²) in [5.41, 5.74) is 0. The minimum Gasteiger partial charge on any atom is -0.459 e. The lowest BCUT2D eigenvalue weighted by molar-refractivity contribution is -0.129. The number of sulfonamides is 1. The van der Waals surface area contributed by atoms with Crippen LogP contribution in [0.25, 0.3) is 0 Å². The highest BCUT2D eigenvalue weighted by atomic mass is 32.2. The molecule has 0 bridgehead atoms. The number of Topliss-reactive ketones (excluding diaryl/α,β-unsaturated/α-hetero) is 1. The number of hydrogen-bond donors (Lipinski definition) is 2. The Hall–Kier alpha value is -3.05. The largest absolute Gasteiger partial charge is 0.459 e. The number of amides is 2. The van der Waals surface area contributed by atoms with Crippen molar-refractivity contribution < 1.29 is 27.2 Å². The lowest BCUT2D eigenvalue weighted by Gasteiger charge is -2.30. The summed E-state index contributed by atoms with van der Waals surface area (Å²) in [5.74, 6) is -0.308. The first-order valence-electron chi connectivity index (χ1n) is 13.3. The van der Waals surface area contributed by atoms with Crippen molar-refractivity contribution in [2.24, 2.45) is 11.8 Å². The van der Waals surface area contributed by atoms with Gasteiger partial charge >= 0.3 is 0 Å². The topological polar surface area (TPSA) is 139 Å². The van der Waals surface area contributed by atoms with Gasteiger partial charge in [-0.15, -0.1) is 0 Å². The minimum absolute atomic E-state index is 0.106. The monoisotopic (exact) mass is 544 g/mol. The van der Waals surface area contributed by atoms with E-state index in [1.54, 1.807) is 25.1 Å². The molecule has 1 saturated heterocycles. The Bertz CT molecular complexity index is 1210. The molecule has 2 N–H and O–H groups in total. The van der Waals surface area contributed by atoms with Gasteiger partial charge in [-0.3, -0.25) is 14.4 Å². The highest BCUT2D eigenvalue weighted by Gasteiger charge is 2.38. The van der Waals surface area contributed by atoms with Crippen LogP contribution in [0.4, 0.5) is 0 Å². The predicted octanol–water partition coefficient (Wildman–Crippen LogP) is 2.92. The second-order valence-electron chi connectivity index (χ2n) is 10.5. The smallest absolute Gasteiger partial charge is 0.287 e. The molecule has 1 saturated carbocycles. The molecule has 1 aliphatic carbocycles. The molecule has 0 spiro atoms. The van der Waals surface area contributed by atoms with Crippen molar-refractivity contribution in [2.75, 3.05) is 6.54 Å². The minimum atomic E-state index is -3.98. The van der Waals surface area contributed by atoms with E-state index in [0.29, 0.717) is 25.2 Å². The lowest BCUT2D eigenvalue weighted by atomic mass is 9.80. The normalized spacial score (nSPS) is 25.8. The van der Waals surface area contributed by atoms with E-state index in [-0.39, 0.29) is 23.2 Å². The standard InChI is InChI=1S/C27H36N4O6S/c1-18-8-11-20(12-9-18)16-22(30-27(34)24-6-5-15-37-24)26(33)29-21-13-10-19(2)31(17-23(21)32)38(35,36)25-7-3-4-14-28-25/h3-7,14-15,18-22H,8-13,16-17H2,1-2H3,(H,29,33)(H,30,34)/t18?,19-,20?,21+,22+/m1/s1. The quantitative estimate of drug-likeness (QED) is 0.521. The molecular weight excluding hydrogens is 508 g/mol. The summed E-state index contributed by atoms with van der Waals surface area (Å²) in [6.45, 7) is 3.60. The van der Waals surface area contributed by atoms with Crippen molar-refractivity contribution in [1.82, 2.24) is 19.9 Å². The van der Waals surface area contributed by atoms with Crippen molar-refractivity contribution >= 4 is 27.6 Å². The van der Waals surface area contributed by atoms with Crippen LogP contribution in [0.2, 0.25) is 0 Å². The van der Waals surface area contributed by atoms with Crippen LogP contribution in [0.5, 0.6) is 0 Å². The molecule has 2 aromatic rings. The van der Waals surface area contributed by atoms with Crippen molar-refractivity contribution in [2.45, 2.75) is 81.9 Å². The number of furan rings is 1. The van der Waals surface area contributed by atoms with E-state index in [1.165, 1.54) is 24.6 Å². The molecule has 0 unspecified atom stereocenters. The number of ketones is 1. The first-order chi connectivity index (χ1) is 18.1. The fraction of sp³-hybridized carbons (Fsp3) is 0.556. The van der Waals surface area contributed by atoms with E-state index in [0.717, 1.165) is 30.0 Å². The van der Waals surface area contributed by atoms with E-state index < -0.39 is 45.7 Å². The van der Waals surface area contributed by atoms with Crippen LogP contribution < -0.4 is 10.6 Å². The van der Waals surface area contributed by atoms with Crippen LogP contribution >= 0.6 is 0 Å². The van der Waals surface area contributed by atoms with E-state index in [4.69, 9.17) is 4.42 Å². The highest BCUT2D eigenvalue weighted by Crippen LogP contribution is 2.31. The van der Waals surface area contributed by atoms with Crippen molar-refractivity contribution in [1.29, 1.82) is 0 Å². The summed E-state index contributed by atoms with van der Waals surface area (Å²) in [4.78, 5) is 43.3. The summed E-state index contributed by atoms with van der Waals surface area (Å²) in [5, 5.41) is 5.49. The Kier molecular flexibility index (Phi) is 8.99. The predicted molar refractivity (Wildman–Crippen MR) is 139 cm³/mol. The SMILES string of the molecule is CC1CCC(C[C@H](NC(=O)c2ccco2)C(=O)N[C@H]2CC[C@@H](C)N(S(=O)(=O)c3ccccn3)CC2=O)CC1. The third kappa shape index (κ3) is 6.68. The number of rotatable bonds is 8. The molecule has 38 heavy (non-hydrogen) atoms. The number of nitrogens with one attached hydrogen (secondary N) is 2. The molecule has 3 heterocycles. The van der Waals surface area contributed by atoms with Crippen LogP contribution in [-0.2, 0) is 19.6 Å². The maximum atomic E-state index is 13.4. The number of nitrogens with zero attached hydrogens (tertiary/aromatic N) is 2. The summed E-state index contributed by atoms with van der Waals surface area (Å²) in [7, 11) is -3.98. The van der Waals surface area contributed by atoms with Gasteiger partial charge < -0.3 is 15.1 Å². The number of hydrogen-bond acceptors (Lipinski definition) is 7. The molecule has 1 aliphatic heterocycles. The molecule has 2 aromatic heterocycles. The number of pyridine rings is 1. The molecule has 11 heteroatoms. The Morgan fingerprint density at radius 3 is 2.50 bits per heavy atom. The van der Waals surface area contributed by atoms with E-state index in [2.05, 4.69) is 22.5 Å². The molecular formula is C27H36N4O6S. The van der Waals surface area contributed by atoms with E-state index in [1.807, 2.05) is 0 Å². The van der Waals surface area contributed by atoms with Gasteiger partial charge in [-0.25, -0.2) is 13.4 Å². The van der Waals surface area contributed by atoms with Crippen LogP contribution in [0.15, 0.2) is 52.2 Å². The van der Waals surface area contributed by atoms with Crippen LogP contribution in [-0.4, -0.2) is 60.0 Å². The number of carbonyl (C=O) groups excluding carboxylic acids is 3. The second kappa shape index (κ2) is 12.2. The van der Waals surface area contributed by atoms with Crippen LogP contribution in [0.1, 0.15) is 69.3 Å². The molecule has 0 radical (unpaired) electrons. The van der Waals surface area contributed by atoms with Crippen molar-refractivity contribution in [3.8, 4) is 0 Å². The third-order valence-corrected chi connectivity index (χ3v) is 9.54. The zero-order valence-corrected chi connectivity index (χ0v) is 22.7. The molecule has 2 amide bonds. The Morgan fingerprint density at radius 1 is 1.08 bits per heavy atom. The molecule has 2 aliphatic rings. The summed E-state index contributed by atoms with van der Waals surface area (Å²) in [6, 6.07) is 5.58. The second-order valence-corrected chi connectivity index (χ2v) is 12.4. The molecule has 4 rings (SSSR count). The van der Waals surface area contributed by atoms with Crippen molar-refractivity contribution in [3.63, 3.8) is 0 Å². The number of aromatic nitrogens is 1. The zero-order chi connectivity index (χ0) is 27.3. The van der Waals surface area contributed by atoms with Gasteiger partial charge in [0.25, 0.3) is 15.9 Å². The fourth-order valence-electron chi connectivity index (χ4n) is 5.27. The summed E-state index contributed by atoms with van der Waals surface area (Å²) < 4.78 is 32.7. The first kappa shape index (κ1) is 28.0. The summed E-state index contributed by atoms with van der Waals surface area (Å²) in [6.07, 6.45) is 8.01. The molecule has 3 atom stereocenters. The average molecular weight is 545 g/mol. The summed E-state index contributed by atoms with van der Waals surface area (Å²) >= 11 is 0. The van der Waals surface area contributed by atoms with Gasteiger partial charge in [0.1, 0.15) is 6.04 Å². The Labute approximate surface area is 223 Å². The maximum Gasteiger partial charge on any atom is 0.287 e. The third-order valence-electron chi connectivity index (χ3n) is 7.66. The molecule has 206 valence electrons. The number of carbonyl (C=O) groups is 3. The van der Waals surface area contributed by atoms with Gasteiger partial charge in [-0.2, -0.15) is 4.31 Å². The maximum absolute atomic E-state index is 13.4. The van der Waals surface area contributed by atoms with Crippen LogP contribution in [0, 0.1) is 11.8 Å². The highest BCUT2D eigenvalue weighted by molar-refractivity contribution is 7.89. The van der Waals surface area contributed by atoms with Gasteiger partial charge in [-0.1, -0.05) is 38.7 Å². The van der Waals surface area contributed by atoms with Gasteiger partial charge in [0.2, 0.25) is 5.91 Å². The van der Waals surface area contributed by atoms with Gasteiger partial charge in [0.15, 0.2) is 16.6 Å². The molecule has 0 aromatic carbocycles. The van der Waals surface area contributed by atoms with Gasteiger partial charge in [0, 0.05) is 12.2 Å². The Morgan fingerprint density at radius 2 is 1.84 bits per heavy atom. The van der Waals surface area contributed by atoms with Crippen molar-refractivity contribution in [3.05, 3.63) is 48.6 Å². The molecule has 2 fully saturated rings.